The number of thiophene rings is 1. The van der Waals surface area contributed by atoms with Crippen molar-refractivity contribution in [2.24, 2.45) is 5.14 Å². The van der Waals surface area contributed by atoms with Gasteiger partial charge in [0.05, 0.1) is 9.90 Å². The molecule has 0 radical (unpaired) electrons. The average molecular weight is 335 g/mol. The fraction of sp³-hybridized carbons (Fsp3) is 0. The van der Waals surface area contributed by atoms with Crippen molar-refractivity contribution in [3.8, 4) is 0 Å². The molecular formula is C11H8ClFN2O3S2. The number of halogens is 2. The summed E-state index contributed by atoms with van der Waals surface area (Å²) in [6, 6.07) is 6.23. The van der Waals surface area contributed by atoms with Crippen molar-refractivity contribution in [2.45, 2.75) is 4.21 Å². The molecule has 3 N–H and O–H groups in total. The van der Waals surface area contributed by atoms with Crippen molar-refractivity contribution in [2.75, 3.05) is 5.32 Å². The Hall–Kier alpha value is -1.48. The Morgan fingerprint density at radius 1 is 1.30 bits per heavy atom. The van der Waals surface area contributed by atoms with E-state index in [0.717, 1.165) is 12.1 Å². The molecule has 0 spiro atoms. The summed E-state index contributed by atoms with van der Waals surface area (Å²) in [5, 5.41) is 7.45. The van der Waals surface area contributed by atoms with Crippen molar-refractivity contribution < 1.29 is 17.6 Å². The van der Waals surface area contributed by atoms with Gasteiger partial charge in [0.25, 0.3) is 5.91 Å². The van der Waals surface area contributed by atoms with E-state index in [4.69, 9.17) is 16.7 Å². The highest BCUT2D eigenvalue weighted by atomic mass is 35.5. The third-order valence-corrected chi connectivity index (χ3v) is 5.02. The SMILES string of the molecule is NS(=O)(=O)c1sc(Cl)cc1C(=O)Nc1ccc(F)cc1. The normalized spacial score (nSPS) is 11.3. The van der Waals surface area contributed by atoms with Crippen LogP contribution in [-0.4, -0.2) is 14.3 Å². The van der Waals surface area contributed by atoms with Crippen LogP contribution in [-0.2, 0) is 10.0 Å². The molecule has 2 rings (SSSR count). The fourth-order valence-electron chi connectivity index (χ4n) is 1.45. The number of nitrogens with two attached hydrogens (primary N) is 1. The predicted octanol–water partition coefficient (Wildman–Crippen LogP) is 2.44. The molecule has 106 valence electrons. The van der Waals surface area contributed by atoms with Gasteiger partial charge < -0.3 is 5.32 Å². The number of sulfonamides is 1. The molecule has 1 aromatic heterocycles. The molecular weight excluding hydrogens is 327 g/mol. The van der Waals surface area contributed by atoms with E-state index >= 15 is 0 Å². The molecule has 20 heavy (non-hydrogen) atoms. The molecule has 0 fully saturated rings. The van der Waals surface area contributed by atoms with E-state index in [0.29, 0.717) is 17.0 Å². The van der Waals surface area contributed by atoms with Crippen molar-refractivity contribution >= 4 is 44.6 Å². The first kappa shape index (κ1) is 14.9. The minimum absolute atomic E-state index is 0.123. The Labute approximate surface area is 123 Å². The summed E-state index contributed by atoms with van der Waals surface area (Å²) in [4.78, 5) is 12.0. The zero-order valence-electron chi connectivity index (χ0n) is 9.76. The molecule has 0 unspecified atom stereocenters. The Balaban J connectivity index is 2.32. The van der Waals surface area contributed by atoms with Gasteiger partial charge in [0.15, 0.2) is 0 Å². The van der Waals surface area contributed by atoms with Gasteiger partial charge in [-0.2, -0.15) is 0 Å². The zero-order chi connectivity index (χ0) is 14.9. The molecule has 0 aliphatic rings. The minimum Gasteiger partial charge on any atom is -0.322 e. The number of amides is 1. The maximum Gasteiger partial charge on any atom is 0.257 e. The molecule has 0 saturated heterocycles. The average Bonchev–Trinajstić information content (AvgIpc) is 2.74. The van der Waals surface area contributed by atoms with Crippen molar-refractivity contribution in [1.29, 1.82) is 0 Å². The number of hydrogen-bond donors (Lipinski definition) is 2. The number of anilines is 1. The standard InChI is InChI=1S/C11H8ClFN2O3S2/c12-9-5-8(11(19-9)20(14,17)18)10(16)15-7-3-1-6(13)2-4-7/h1-5H,(H,15,16)(H2,14,17,18). The lowest BCUT2D eigenvalue weighted by Crippen LogP contribution is -2.18. The van der Waals surface area contributed by atoms with E-state index in [-0.39, 0.29) is 14.1 Å². The van der Waals surface area contributed by atoms with Crippen LogP contribution in [0.1, 0.15) is 10.4 Å². The van der Waals surface area contributed by atoms with Gasteiger partial charge in [-0.25, -0.2) is 17.9 Å². The summed E-state index contributed by atoms with van der Waals surface area (Å²) in [7, 11) is -4.04. The minimum atomic E-state index is -4.04. The number of benzene rings is 1. The first-order chi connectivity index (χ1) is 9.27. The van der Waals surface area contributed by atoms with Gasteiger partial charge in [0.2, 0.25) is 10.0 Å². The van der Waals surface area contributed by atoms with Gasteiger partial charge in [0.1, 0.15) is 10.0 Å². The monoisotopic (exact) mass is 334 g/mol. The van der Waals surface area contributed by atoms with E-state index in [2.05, 4.69) is 5.32 Å². The van der Waals surface area contributed by atoms with Crippen molar-refractivity contribution in [1.82, 2.24) is 0 Å². The lowest BCUT2D eigenvalue weighted by molar-refractivity contribution is 0.102. The largest absolute Gasteiger partial charge is 0.322 e. The number of primary sulfonamides is 1. The molecule has 1 aromatic carbocycles. The Morgan fingerprint density at radius 2 is 1.90 bits per heavy atom. The lowest BCUT2D eigenvalue weighted by atomic mass is 10.2. The van der Waals surface area contributed by atoms with Gasteiger partial charge in [-0.15, -0.1) is 11.3 Å². The maximum absolute atomic E-state index is 12.7. The molecule has 9 heteroatoms. The molecule has 0 atom stereocenters. The Kier molecular flexibility index (Phi) is 4.09. The third kappa shape index (κ3) is 3.34. The summed E-state index contributed by atoms with van der Waals surface area (Å²) in [5.41, 5.74) is 0.172. The molecule has 0 aliphatic carbocycles. The summed E-state index contributed by atoms with van der Waals surface area (Å²) < 4.78 is 35.3. The zero-order valence-corrected chi connectivity index (χ0v) is 12.2. The highest BCUT2D eigenvalue weighted by molar-refractivity contribution is 7.91. The van der Waals surface area contributed by atoms with Crippen LogP contribution in [0.2, 0.25) is 4.34 Å². The summed E-state index contributed by atoms with van der Waals surface area (Å²) >= 11 is 6.40. The fourth-order valence-corrected chi connectivity index (χ4v) is 3.73. The summed E-state index contributed by atoms with van der Waals surface area (Å²) in [6.07, 6.45) is 0. The second-order valence-corrected chi connectivity index (χ2v) is 7.20. The number of rotatable bonds is 3. The van der Waals surface area contributed by atoms with Crippen molar-refractivity contribution in [3.05, 3.63) is 46.0 Å². The predicted molar refractivity (Wildman–Crippen MR) is 75.1 cm³/mol. The van der Waals surface area contributed by atoms with Crippen LogP contribution in [0.5, 0.6) is 0 Å². The van der Waals surface area contributed by atoms with Crippen LogP contribution >= 0.6 is 22.9 Å². The highest BCUT2D eigenvalue weighted by Gasteiger charge is 2.23. The topological polar surface area (TPSA) is 89.3 Å². The van der Waals surface area contributed by atoms with Gasteiger partial charge in [-0.1, -0.05) is 11.6 Å². The maximum atomic E-state index is 12.7. The number of hydrogen-bond acceptors (Lipinski definition) is 4. The number of carbonyl (C=O) groups excluding carboxylic acids is 1. The first-order valence-corrected chi connectivity index (χ1v) is 7.90. The van der Waals surface area contributed by atoms with Crippen LogP contribution in [0.15, 0.2) is 34.5 Å². The van der Waals surface area contributed by atoms with Crippen LogP contribution < -0.4 is 10.5 Å². The molecule has 5 nitrogen and oxygen atoms in total. The number of nitrogens with one attached hydrogen (secondary N) is 1. The molecule has 0 bridgehead atoms. The van der Waals surface area contributed by atoms with Crippen molar-refractivity contribution in [3.63, 3.8) is 0 Å². The quantitative estimate of drug-likeness (QED) is 0.903. The van der Waals surface area contributed by atoms with Gasteiger partial charge in [-0.3, -0.25) is 4.79 Å². The first-order valence-electron chi connectivity index (χ1n) is 5.16. The van der Waals surface area contributed by atoms with Crippen LogP contribution in [0.25, 0.3) is 0 Å². The molecule has 0 aliphatic heterocycles. The smallest absolute Gasteiger partial charge is 0.257 e. The molecule has 1 heterocycles. The van der Waals surface area contributed by atoms with E-state index in [9.17, 15) is 17.6 Å². The van der Waals surface area contributed by atoms with Gasteiger partial charge in [-0.05, 0) is 30.3 Å². The van der Waals surface area contributed by atoms with E-state index in [1.54, 1.807) is 0 Å². The third-order valence-electron chi connectivity index (χ3n) is 2.27. The summed E-state index contributed by atoms with van der Waals surface area (Å²) in [6.45, 7) is 0. The second-order valence-electron chi connectivity index (χ2n) is 3.76. The van der Waals surface area contributed by atoms with E-state index in [1.165, 1.54) is 18.2 Å². The Bertz CT molecular complexity index is 756. The van der Waals surface area contributed by atoms with E-state index < -0.39 is 21.7 Å². The van der Waals surface area contributed by atoms with E-state index in [1.807, 2.05) is 0 Å². The number of carbonyl (C=O) groups is 1. The molecule has 2 aromatic rings. The Morgan fingerprint density at radius 3 is 2.45 bits per heavy atom. The molecule has 1 amide bonds. The lowest BCUT2D eigenvalue weighted by Gasteiger charge is -2.05. The van der Waals surface area contributed by atoms with Crippen LogP contribution in [0.3, 0.4) is 0 Å². The second kappa shape index (κ2) is 5.49. The van der Waals surface area contributed by atoms with Crippen LogP contribution in [0, 0.1) is 5.82 Å². The van der Waals surface area contributed by atoms with Gasteiger partial charge >= 0.3 is 0 Å². The van der Waals surface area contributed by atoms with Crippen LogP contribution in [0.4, 0.5) is 10.1 Å². The molecule has 0 saturated carbocycles. The summed E-state index contributed by atoms with van der Waals surface area (Å²) in [5.74, 6) is -1.14. The van der Waals surface area contributed by atoms with Gasteiger partial charge in [0, 0.05) is 5.69 Å². The highest BCUT2D eigenvalue weighted by Crippen LogP contribution is 2.30.